The van der Waals surface area contributed by atoms with Gasteiger partial charge in [0.1, 0.15) is 0 Å². The summed E-state index contributed by atoms with van der Waals surface area (Å²) in [4.78, 5) is 9.95. The third-order valence-corrected chi connectivity index (χ3v) is 1.75. The van der Waals surface area contributed by atoms with Crippen molar-refractivity contribution in [2.45, 2.75) is 13.3 Å². The molecule has 0 heterocycles. The quantitative estimate of drug-likeness (QED) is 0.397. The van der Waals surface area contributed by atoms with Gasteiger partial charge in [-0.1, -0.05) is 42.0 Å². The van der Waals surface area contributed by atoms with Crippen molar-refractivity contribution in [1.29, 1.82) is 0 Å². The molecule has 0 rings (SSSR count). The maximum absolute atomic E-state index is 9.95. The van der Waals surface area contributed by atoms with Gasteiger partial charge in [-0.2, -0.15) is 0 Å². The van der Waals surface area contributed by atoms with Crippen LogP contribution in [0.25, 0.3) is 0 Å². The monoisotopic (exact) mass is 199 g/mol. The Balaban J connectivity index is 3.82. The van der Waals surface area contributed by atoms with Gasteiger partial charge in [0.05, 0.1) is 0 Å². The van der Waals surface area contributed by atoms with Gasteiger partial charge in [0.15, 0.2) is 0 Å². The fraction of sp³-hybridized carbons (Fsp3) is 0.300. The average Bonchev–Trinajstić information content (AvgIpc) is 2.14. The predicted molar refractivity (Wildman–Crippen MR) is 56.6 cm³/mol. The second kappa shape index (κ2) is 7.62. The molecule has 0 unspecified atom stereocenters. The van der Waals surface area contributed by atoms with Crippen LogP contribution in [0.4, 0.5) is 0 Å². The van der Waals surface area contributed by atoms with E-state index < -0.39 is 0 Å². The minimum Gasteiger partial charge on any atom is -0.355 e. The van der Waals surface area contributed by atoms with E-state index in [2.05, 4.69) is 11.9 Å². The zero-order valence-corrected chi connectivity index (χ0v) is 8.47. The fourth-order valence-electron chi connectivity index (χ4n) is 0.731. The van der Waals surface area contributed by atoms with Gasteiger partial charge < -0.3 is 5.32 Å². The lowest BCUT2D eigenvalue weighted by Crippen LogP contribution is -2.12. The van der Waals surface area contributed by atoms with Crippen LogP contribution in [-0.2, 0) is 4.79 Å². The van der Waals surface area contributed by atoms with Crippen LogP contribution in [0.15, 0.2) is 35.4 Å². The van der Waals surface area contributed by atoms with Crippen LogP contribution in [0, 0.1) is 0 Å². The number of hydrogen-bond acceptors (Lipinski definition) is 1. The van der Waals surface area contributed by atoms with Gasteiger partial charge in [-0.3, -0.25) is 4.79 Å². The van der Waals surface area contributed by atoms with E-state index in [1.54, 1.807) is 6.08 Å². The van der Waals surface area contributed by atoms with E-state index in [4.69, 9.17) is 11.6 Å². The molecule has 0 atom stereocenters. The van der Waals surface area contributed by atoms with E-state index in [0.29, 0.717) is 18.0 Å². The molecule has 0 aromatic rings. The first-order chi connectivity index (χ1) is 6.20. The Kier molecular flexibility index (Phi) is 7.02. The van der Waals surface area contributed by atoms with Crippen molar-refractivity contribution in [3.8, 4) is 0 Å². The molecule has 0 aliphatic heterocycles. The molecule has 0 aromatic heterocycles. The zero-order chi connectivity index (χ0) is 10.1. The van der Waals surface area contributed by atoms with Gasteiger partial charge in [0, 0.05) is 11.6 Å². The van der Waals surface area contributed by atoms with Gasteiger partial charge in [0.2, 0.25) is 6.41 Å². The Morgan fingerprint density at radius 2 is 2.23 bits per heavy atom. The number of halogens is 1. The van der Waals surface area contributed by atoms with Crippen molar-refractivity contribution in [2.75, 3.05) is 6.54 Å². The minimum atomic E-state index is 0.586. The highest BCUT2D eigenvalue weighted by Crippen LogP contribution is 2.04. The van der Waals surface area contributed by atoms with Gasteiger partial charge in [-0.15, -0.1) is 0 Å². The molecule has 0 fully saturated rings. The molecule has 1 N–H and O–H groups in total. The van der Waals surface area contributed by atoms with Crippen LogP contribution in [-0.4, -0.2) is 13.0 Å². The Labute approximate surface area is 84.0 Å². The molecule has 0 bridgehead atoms. The summed E-state index contributed by atoms with van der Waals surface area (Å²) < 4.78 is 0. The van der Waals surface area contributed by atoms with E-state index in [1.807, 2.05) is 19.1 Å². The van der Waals surface area contributed by atoms with Gasteiger partial charge >= 0.3 is 0 Å². The number of rotatable bonds is 6. The first-order valence-corrected chi connectivity index (χ1v) is 4.39. The van der Waals surface area contributed by atoms with E-state index in [-0.39, 0.29) is 0 Å². The third kappa shape index (κ3) is 7.34. The molecule has 13 heavy (non-hydrogen) atoms. The highest BCUT2D eigenvalue weighted by Gasteiger charge is 1.86. The smallest absolute Gasteiger partial charge is 0.207 e. The molecule has 1 amide bonds. The molecule has 72 valence electrons. The molecule has 0 aromatic carbocycles. The van der Waals surface area contributed by atoms with Crippen LogP contribution in [0.3, 0.4) is 0 Å². The van der Waals surface area contributed by atoms with E-state index >= 15 is 0 Å². The average molecular weight is 200 g/mol. The number of hydrogen-bond donors (Lipinski definition) is 1. The summed E-state index contributed by atoms with van der Waals surface area (Å²) >= 11 is 5.70. The maximum atomic E-state index is 9.95. The molecule has 0 aliphatic carbocycles. The standard InChI is InChI=1S/C10H14ClNO/c1-3-10(11)6-4-5-9(2)7-12-8-13/h3,5-6,8H,1,4,7H2,2H3,(H,12,13)/b9-5+,10-6?. The van der Waals surface area contributed by atoms with Crippen molar-refractivity contribution >= 4 is 18.0 Å². The Bertz CT molecular complexity index is 231. The number of amides is 1. The van der Waals surface area contributed by atoms with Gasteiger partial charge in [-0.25, -0.2) is 0 Å². The number of allylic oxidation sites excluding steroid dienone is 4. The van der Waals surface area contributed by atoms with Crippen LogP contribution >= 0.6 is 11.6 Å². The summed E-state index contributed by atoms with van der Waals surface area (Å²) in [6, 6.07) is 0. The minimum absolute atomic E-state index is 0.586. The van der Waals surface area contributed by atoms with Gasteiger partial charge in [0.25, 0.3) is 0 Å². The van der Waals surface area contributed by atoms with Crippen LogP contribution < -0.4 is 5.32 Å². The molecular formula is C10H14ClNO. The first kappa shape index (κ1) is 12.0. The molecule has 3 heteroatoms. The molecule has 2 nitrogen and oxygen atoms in total. The lowest BCUT2D eigenvalue weighted by atomic mass is 10.2. The molecule has 0 radical (unpaired) electrons. The Hall–Kier alpha value is -1.02. The summed E-state index contributed by atoms with van der Waals surface area (Å²) in [7, 11) is 0. The molecule has 0 aliphatic rings. The molecule has 0 spiro atoms. The van der Waals surface area contributed by atoms with E-state index in [1.165, 1.54) is 0 Å². The summed E-state index contributed by atoms with van der Waals surface area (Å²) in [6.07, 6.45) is 6.90. The molecule has 0 saturated heterocycles. The topological polar surface area (TPSA) is 29.1 Å². The van der Waals surface area contributed by atoms with Crippen molar-refractivity contribution < 1.29 is 4.79 Å². The van der Waals surface area contributed by atoms with Gasteiger partial charge in [-0.05, 0) is 13.3 Å². The second-order valence-electron chi connectivity index (χ2n) is 2.58. The maximum Gasteiger partial charge on any atom is 0.207 e. The largest absolute Gasteiger partial charge is 0.355 e. The Morgan fingerprint density at radius 3 is 2.77 bits per heavy atom. The van der Waals surface area contributed by atoms with E-state index in [0.717, 1.165) is 12.0 Å². The highest BCUT2D eigenvalue weighted by atomic mass is 35.5. The third-order valence-electron chi connectivity index (χ3n) is 1.44. The summed E-state index contributed by atoms with van der Waals surface area (Å²) in [5, 5.41) is 3.22. The molecule has 0 saturated carbocycles. The van der Waals surface area contributed by atoms with Crippen molar-refractivity contribution in [1.82, 2.24) is 5.32 Å². The number of carbonyl (C=O) groups excluding carboxylic acids is 1. The summed E-state index contributed by atoms with van der Waals surface area (Å²) in [6.45, 7) is 6.07. The van der Waals surface area contributed by atoms with Crippen LogP contribution in [0.1, 0.15) is 13.3 Å². The fourth-order valence-corrected chi connectivity index (χ4v) is 0.820. The van der Waals surface area contributed by atoms with E-state index in [9.17, 15) is 4.79 Å². The number of nitrogens with one attached hydrogen (secondary N) is 1. The number of carbonyl (C=O) groups is 1. The van der Waals surface area contributed by atoms with Crippen LogP contribution in [0.5, 0.6) is 0 Å². The summed E-state index contributed by atoms with van der Waals surface area (Å²) in [5.74, 6) is 0. The SMILES string of the molecule is C=CC(Cl)=CC/C=C(\C)CNC=O. The lowest BCUT2D eigenvalue weighted by Gasteiger charge is -1.97. The zero-order valence-electron chi connectivity index (χ0n) is 7.72. The highest BCUT2D eigenvalue weighted by molar-refractivity contribution is 6.31. The van der Waals surface area contributed by atoms with Crippen molar-refractivity contribution in [3.63, 3.8) is 0 Å². The predicted octanol–water partition coefficient (Wildman–Crippen LogP) is 2.38. The van der Waals surface area contributed by atoms with Crippen molar-refractivity contribution in [2.24, 2.45) is 0 Å². The lowest BCUT2D eigenvalue weighted by molar-refractivity contribution is -0.109. The first-order valence-electron chi connectivity index (χ1n) is 4.01. The summed E-state index contributed by atoms with van der Waals surface area (Å²) in [5.41, 5.74) is 1.11. The van der Waals surface area contributed by atoms with Crippen molar-refractivity contribution in [3.05, 3.63) is 35.4 Å². The van der Waals surface area contributed by atoms with Crippen LogP contribution in [0.2, 0.25) is 0 Å². The normalized spacial score (nSPS) is 12.5. The molecular weight excluding hydrogens is 186 g/mol. The second-order valence-corrected chi connectivity index (χ2v) is 3.01. The Morgan fingerprint density at radius 1 is 1.54 bits per heavy atom.